The summed E-state index contributed by atoms with van der Waals surface area (Å²) in [5, 5.41) is 17.0. The van der Waals surface area contributed by atoms with Crippen LogP contribution in [0.2, 0.25) is 0 Å². The van der Waals surface area contributed by atoms with Crippen LogP contribution in [0.15, 0.2) is 54.9 Å². The molecule has 1 aliphatic heterocycles. The van der Waals surface area contributed by atoms with Crippen LogP contribution in [0.5, 0.6) is 0 Å². The molecule has 1 saturated carbocycles. The Hall–Kier alpha value is -3.79. The number of rotatable bonds is 5. The number of nitrogens with zero attached hydrogens (tertiary/aromatic N) is 1. The van der Waals surface area contributed by atoms with Gasteiger partial charge in [0.1, 0.15) is 6.26 Å². The number of nitrogens with one attached hydrogen (secondary N) is 3. The molecule has 1 heterocycles. The average Bonchev–Trinajstić information content (AvgIpc) is 3.39. The molecule has 2 aromatic carbocycles. The van der Waals surface area contributed by atoms with Crippen molar-refractivity contribution in [2.45, 2.75) is 58.1 Å². The van der Waals surface area contributed by atoms with E-state index < -0.39 is 0 Å². The monoisotopic (exact) mass is 460 g/mol. The standard InChI is InChI=1S/C14H17N3O3.C13H15N/c1-9-3-4-11(10(2)18)7-12(9)17-14(19)16-8-13-15-5-6-20-13;14-10-11-6-8-13(9-7-11)12-4-2-1-3-5-12/h3-7,13,15H,8H2,1-2H3,(H2,16,17,19);6-9,12H,1-5H2. The maximum absolute atomic E-state index is 11.8. The van der Waals surface area contributed by atoms with Crippen LogP contribution in [0.4, 0.5) is 10.5 Å². The number of aryl methyl sites for hydroxylation is 1. The number of ether oxygens (including phenoxy) is 1. The second-order valence-corrected chi connectivity index (χ2v) is 8.58. The Morgan fingerprint density at radius 3 is 2.47 bits per heavy atom. The lowest BCUT2D eigenvalue weighted by Crippen LogP contribution is -2.39. The Kier molecular flexibility index (Phi) is 9.10. The Bertz CT molecular complexity index is 1040. The van der Waals surface area contributed by atoms with Gasteiger partial charge in [0.25, 0.3) is 0 Å². The second kappa shape index (κ2) is 12.4. The van der Waals surface area contributed by atoms with Crippen LogP contribution in [-0.4, -0.2) is 24.6 Å². The van der Waals surface area contributed by atoms with Crippen molar-refractivity contribution in [2.24, 2.45) is 0 Å². The first kappa shape index (κ1) is 24.8. The molecular weight excluding hydrogens is 428 g/mol. The number of hydrogen-bond donors (Lipinski definition) is 3. The summed E-state index contributed by atoms with van der Waals surface area (Å²) in [6, 6.07) is 15.1. The summed E-state index contributed by atoms with van der Waals surface area (Å²) in [6.45, 7) is 3.69. The molecule has 0 aromatic heterocycles. The highest BCUT2D eigenvalue weighted by atomic mass is 16.5. The quantitative estimate of drug-likeness (QED) is 0.523. The number of benzene rings is 2. The lowest BCUT2D eigenvalue weighted by Gasteiger charge is -2.21. The molecule has 3 N–H and O–H groups in total. The molecule has 7 nitrogen and oxygen atoms in total. The average molecular weight is 461 g/mol. The number of anilines is 1. The molecular formula is C27H32N4O3. The Morgan fingerprint density at radius 2 is 1.85 bits per heavy atom. The summed E-state index contributed by atoms with van der Waals surface area (Å²) in [5.41, 5.74) is 4.26. The van der Waals surface area contributed by atoms with Crippen LogP contribution in [0.25, 0.3) is 0 Å². The smallest absolute Gasteiger partial charge is 0.319 e. The van der Waals surface area contributed by atoms with Crippen molar-refractivity contribution in [3.8, 4) is 6.07 Å². The van der Waals surface area contributed by atoms with Gasteiger partial charge in [-0.1, -0.05) is 43.5 Å². The van der Waals surface area contributed by atoms with Gasteiger partial charge in [-0.05, 0) is 61.9 Å². The van der Waals surface area contributed by atoms with E-state index in [-0.39, 0.29) is 18.0 Å². The summed E-state index contributed by atoms with van der Waals surface area (Å²) in [6.07, 6.45) is 9.74. The molecule has 178 valence electrons. The van der Waals surface area contributed by atoms with Gasteiger partial charge in [-0.15, -0.1) is 0 Å². The van der Waals surface area contributed by atoms with E-state index in [1.807, 2.05) is 19.1 Å². The molecule has 1 aliphatic carbocycles. The first-order valence-electron chi connectivity index (χ1n) is 11.7. The van der Waals surface area contributed by atoms with Gasteiger partial charge in [-0.25, -0.2) is 4.79 Å². The highest BCUT2D eigenvalue weighted by Gasteiger charge is 2.15. The third-order valence-corrected chi connectivity index (χ3v) is 6.05. The van der Waals surface area contributed by atoms with E-state index in [2.05, 4.69) is 34.2 Å². The van der Waals surface area contributed by atoms with E-state index in [1.165, 1.54) is 50.9 Å². The largest absolute Gasteiger partial charge is 0.475 e. The number of urea groups is 1. The zero-order chi connectivity index (χ0) is 24.3. The zero-order valence-corrected chi connectivity index (χ0v) is 19.8. The predicted molar refractivity (Wildman–Crippen MR) is 132 cm³/mol. The van der Waals surface area contributed by atoms with E-state index >= 15 is 0 Å². The second-order valence-electron chi connectivity index (χ2n) is 8.58. The molecule has 0 saturated heterocycles. The normalized spacial score (nSPS) is 16.8. The molecule has 1 fully saturated rings. The molecule has 1 unspecified atom stereocenters. The Morgan fingerprint density at radius 1 is 1.12 bits per heavy atom. The first-order valence-corrected chi connectivity index (χ1v) is 11.7. The summed E-state index contributed by atoms with van der Waals surface area (Å²) in [5.74, 6) is 0.708. The molecule has 7 heteroatoms. The third kappa shape index (κ3) is 7.38. The molecule has 0 radical (unpaired) electrons. The van der Waals surface area contributed by atoms with Gasteiger partial charge >= 0.3 is 6.03 Å². The zero-order valence-electron chi connectivity index (χ0n) is 19.8. The van der Waals surface area contributed by atoms with Gasteiger partial charge in [0.2, 0.25) is 0 Å². The van der Waals surface area contributed by atoms with E-state index in [0.717, 1.165) is 17.0 Å². The lowest BCUT2D eigenvalue weighted by atomic mass is 9.84. The Balaban J connectivity index is 0.000000202. The van der Waals surface area contributed by atoms with Crippen LogP contribution < -0.4 is 16.0 Å². The fourth-order valence-corrected chi connectivity index (χ4v) is 4.02. The van der Waals surface area contributed by atoms with Gasteiger partial charge < -0.3 is 20.7 Å². The fraction of sp³-hybridized carbons (Fsp3) is 0.370. The highest BCUT2D eigenvalue weighted by Crippen LogP contribution is 2.32. The molecule has 4 rings (SSSR count). The molecule has 0 bridgehead atoms. The van der Waals surface area contributed by atoms with E-state index in [4.69, 9.17) is 10.00 Å². The Labute approximate surface area is 201 Å². The number of amides is 2. The maximum atomic E-state index is 11.8. The minimum absolute atomic E-state index is 0.0388. The SMILES string of the molecule is CC(=O)c1ccc(C)c(NC(=O)NCC2NC=CO2)c1.N#Cc1ccc(C2CCCCC2)cc1. The predicted octanol–water partition coefficient (Wildman–Crippen LogP) is 5.34. The van der Waals surface area contributed by atoms with Crippen LogP contribution in [0.1, 0.15) is 72.0 Å². The molecule has 34 heavy (non-hydrogen) atoms. The number of nitriles is 1. The summed E-state index contributed by atoms with van der Waals surface area (Å²) >= 11 is 0. The highest BCUT2D eigenvalue weighted by molar-refractivity contribution is 5.97. The first-order chi connectivity index (χ1) is 16.5. The van der Waals surface area contributed by atoms with Gasteiger partial charge in [0, 0.05) is 17.5 Å². The maximum Gasteiger partial charge on any atom is 0.319 e. The minimum Gasteiger partial charge on any atom is -0.475 e. The van der Waals surface area contributed by atoms with Crippen molar-refractivity contribution < 1.29 is 14.3 Å². The number of ketones is 1. The summed E-state index contributed by atoms with van der Waals surface area (Å²) in [7, 11) is 0. The summed E-state index contributed by atoms with van der Waals surface area (Å²) < 4.78 is 5.15. The van der Waals surface area contributed by atoms with Gasteiger partial charge in [-0.3, -0.25) is 4.79 Å². The van der Waals surface area contributed by atoms with Crippen molar-refractivity contribution in [2.75, 3.05) is 11.9 Å². The van der Waals surface area contributed by atoms with Crippen LogP contribution in [-0.2, 0) is 4.74 Å². The van der Waals surface area contributed by atoms with Crippen molar-refractivity contribution in [1.29, 1.82) is 5.26 Å². The molecule has 2 amide bonds. The van der Waals surface area contributed by atoms with Crippen molar-refractivity contribution >= 4 is 17.5 Å². The van der Waals surface area contributed by atoms with Crippen LogP contribution >= 0.6 is 0 Å². The molecule has 2 aliphatic rings. The third-order valence-electron chi connectivity index (χ3n) is 6.05. The van der Waals surface area contributed by atoms with E-state index in [9.17, 15) is 9.59 Å². The fourth-order valence-electron chi connectivity index (χ4n) is 4.02. The number of carbonyl (C=O) groups excluding carboxylic acids is 2. The molecule has 2 aromatic rings. The number of hydrogen-bond acceptors (Lipinski definition) is 5. The molecule has 0 spiro atoms. The summed E-state index contributed by atoms with van der Waals surface area (Å²) in [4.78, 5) is 23.1. The van der Waals surface area contributed by atoms with Crippen molar-refractivity contribution in [3.63, 3.8) is 0 Å². The number of carbonyl (C=O) groups is 2. The van der Waals surface area contributed by atoms with Gasteiger partial charge in [-0.2, -0.15) is 5.26 Å². The lowest BCUT2D eigenvalue weighted by molar-refractivity contribution is 0.101. The molecule has 1 atom stereocenters. The minimum atomic E-state index is -0.342. The van der Waals surface area contributed by atoms with Crippen molar-refractivity contribution in [3.05, 3.63) is 77.2 Å². The van der Waals surface area contributed by atoms with Gasteiger partial charge in [0.15, 0.2) is 12.0 Å². The van der Waals surface area contributed by atoms with Gasteiger partial charge in [0.05, 0.1) is 18.2 Å². The number of Topliss-reactive ketones (excluding diaryl/α,β-unsaturated/α-hetero) is 1. The topological polar surface area (TPSA) is 103 Å². The van der Waals surface area contributed by atoms with E-state index in [0.29, 0.717) is 17.8 Å². The van der Waals surface area contributed by atoms with Crippen LogP contribution in [0.3, 0.4) is 0 Å². The van der Waals surface area contributed by atoms with E-state index in [1.54, 1.807) is 24.4 Å². The van der Waals surface area contributed by atoms with Crippen molar-refractivity contribution in [1.82, 2.24) is 10.6 Å². The van der Waals surface area contributed by atoms with Crippen LogP contribution in [0, 0.1) is 18.3 Å².